The molecule has 0 aliphatic rings. The van der Waals surface area contributed by atoms with Gasteiger partial charge in [0.1, 0.15) is 24.0 Å². The molecule has 28 heavy (non-hydrogen) atoms. The number of carbonyl (C=O) groups is 1. The average Bonchev–Trinajstić information content (AvgIpc) is 2.63. The van der Waals surface area contributed by atoms with Gasteiger partial charge in [-0.2, -0.15) is 13.2 Å². The predicted octanol–water partition coefficient (Wildman–Crippen LogP) is 3.67. The van der Waals surface area contributed by atoms with Gasteiger partial charge in [-0.1, -0.05) is 26.0 Å². The summed E-state index contributed by atoms with van der Waals surface area (Å²) in [5.41, 5.74) is -0.926. The van der Waals surface area contributed by atoms with Gasteiger partial charge in [0.05, 0.1) is 6.54 Å². The molecule has 1 heterocycles. The monoisotopic (exact) mass is 396 g/mol. The van der Waals surface area contributed by atoms with E-state index in [1.165, 1.54) is 4.57 Å². The van der Waals surface area contributed by atoms with Gasteiger partial charge in [-0.05, 0) is 31.0 Å². The summed E-state index contributed by atoms with van der Waals surface area (Å²) in [6, 6.07) is 7.74. The lowest BCUT2D eigenvalue weighted by molar-refractivity contribution is -0.141. The summed E-state index contributed by atoms with van der Waals surface area (Å²) in [6.07, 6.45) is -3.81. The number of alkyl halides is 3. The zero-order valence-corrected chi connectivity index (χ0v) is 16.0. The minimum absolute atomic E-state index is 0.0571. The minimum atomic E-state index is -4.65. The Balaban J connectivity index is 2.01. The molecule has 0 radical (unpaired) electrons. The molecule has 0 amide bonds. The molecule has 0 aliphatic carbocycles. The molecule has 0 saturated carbocycles. The van der Waals surface area contributed by atoms with Gasteiger partial charge in [0, 0.05) is 18.4 Å². The molecule has 8 heteroatoms. The van der Waals surface area contributed by atoms with Crippen LogP contribution in [0.4, 0.5) is 13.2 Å². The topological polar surface area (TPSA) is 61.2 Å². The number of aromatic nitrogens is 2. The third-order valence-electron chi connectivity index (χ3n) is 4.44. The lowest BCUT2D eigenvalue weighted by Crippen LogP contribution is -2.29. The highest BCUT2D eigenvalue weighted by molar-refractivity contribution is 5.78. The molecule has 1 atom stereocenters. The van der Waals surface area contributed by atoms with Crippen LogP contribution in [0.25, 0.3) is 0 Å². The van der Waals surface area contributed by atoms with Crippen molar-refractivity contribution in [2.75, 3.05) is 6.61 Å². The van der Waals surface area contributed by atoms with E-state index in [9.17, 15) is 22.8 Å². The van der Waals surface area contributed by atoms with Crippen molar-refractivity contribution in [2.24, 2.45) is 5.92 Å². The number of benzene rings is 1. The van der Waals surface area contributed by atoms with E-state index in [4.69, 9.17) is 4.74 Å². The number of hydrogen-bond acceptors (Lipinski definition) is 4. The van der Waals surface area contributed by atoms with Gasteiger partial charge in [0.15, 0.2) is 5.69 Å². The van der Waals surface area contributed by atoms with Crippen LogP contribution >= 0.6 is 0 Å². The maximum Gasteiger partial charge on any atom is 0.433 e. The lowest BCUT2D eigenvalue weighted by atomic mass is 9.98. The first-order valence-electron chi connectivity index (χ1n) is 9.02. The molecule has 1 unspecified atom stereocenters. The van der Waals surface area contributed by atoms with Crippen molar-refractivity contribution in [3.63, 3.8) is 0 Å². The van der Waals surface area contributed by atoms with E-state index in [0.29, 0.717) is 18.2 Å². The molecular formula is C20H23F3N2O3. The summed E-state index contributed by atoms with van der Waals surface area (Å²) in [7, 11) is 0. The Hall–Kier alpha value is -2.64. The highest BCUT2D eigenvalue weighted by Crippen LogP contribution is 2.26. The predicted molar refractivity (Wildman–Crippen MR) is 98.4 cm³/mol. The van der Waals surface area contributed by atoms with Crippen LogP contribution in [0.2, 0.25) is 0 Å². The Morgan fingerprint density at radius 3 is 2.43 bits per heavy atom. The maximum atomic E-state index is 12.8. The highest BCUT2D eigenvalue weighted by atomic mass is 19.4. The van der Waals surface area contributed by atoms with Gasteiger partial charge in [0.2, 0.25) is 0 Å². The molecule has 2 rings (SSSR count). The van der Waals surface area contributed by atoms with Crippen LogP contribution < -0.4 is 10.3 Å². The molecule has 0 aliphatic heterocycles. The van der Waals surface area contributed by atoms with Crippen molar-refractivity contribution in [1.29, 1.82) is 0 Å². The van der Waals surface area contributed by atoms with Gasteiger partial charge < -0.3 is 4.74 Å². The SMILES string of the molecule is CCc1nc(C(F)(F)F)cc(=O)n1CCOc1ccc(CC(C)C(C)=O)cc1. The Morgan fingerprint density at radius 2 is 1.89 bits per heavy atom. The summed E-state index contributed by atoms with van der Waals surface area (Å²) in [5.74, 6) is 0.711. The summed E-state index contributed by atoms with van der Waals surface area (Å²) in [4.78, 5) is 26.9. The average molecular weight is 396 g/mol. The number of ketones is 1. The quantitative estimate of drug-likeness (QED) is 0.683. The molecule has 152 valence electrons. The van der Waals surface area contributed by atoms with E-state index in [1.807, 2.05) is 19.1 Å². The normalized spacial score (nSPS) is 12.6. The first-order valence-corrected chi connectivity index (χ1v) is 9.02. The molecule has 0 fully saturated rings. The number of halogens is 3. The van der Waals surface area contributed by atoms with Crippen LogP contribution in [-0.4, -0.2) is 21.9 Å². The maximum absolute atomic E-state index is 12.8. The van der Waals surface area contributed by atoms with Crippen LogP contribution in [0.3, 0.4) is 0 Å². The van der Waals surface area contributed by atoms with Crippen molar-refractivity contribution >= 4 is 5.78 Å². The van der Waals surface area contributed by atoms with Crippen molar-refractivity contribution in [3.05, 3.63) is 57.8 Å². The van der Waals surface area contributed by atoms with E-state index >= 15 is 0 Å². The van der Waals surface area contributed by atoms with Crippen LogP contribution in [0, 0.1) is 5.92 Å². The fraction of sp³-hybridized carbons (Fsp3) is 0.450. The molecule has 0 spiro atoms. The Morgan fingerprint density at radius 1 is 1.25 bits per heavy atom. The van der Waals surface area contributed by atoms with Crippen molar-refractivity contribution < 1.29 is 22.7 Å². The number of ether oxygens (including phenoxy) is 1. The third-order valence-corrected chi connectivity index (χ3v) is 4.44. The van der Waals surface area contributed by atoms with E-state index in [2.05, 4.69) is 4.98 Å². The molecule has 0 bridgehead atoms. The lowest BCUT2D eigenvalue weighted by Gasteiger charge is -2.14. The standard InChI is InChI=1S/C20H23F3N2O3/c1-4-18-24-17(20(21,22)23)12-19(27)25(18)9-10-28-16-7-5-15(6-8-16)11-13(2)14(3)26/h5-8,12-13H,4,9-11H2,1-3H3. The number of Topliss-reactive ketones (excluding diaryl/α,β-unsaturated/α-hetero) is 1. The molecule has 0 N–H and O–H groups in total. The van der Waals surface area contributed by atoms with Gasteiger partial charge in [-0.3, -0.25) is 14.2 Å². The summed E-state index contributed by atoms with van der Waals surface area (Å²) >= 11 is 0. The largest absolute Gasteiger partial charge is 0.492 e. The van der Waals surface area contributed by atoms with E-state index < -0.39 is 17.4 Å². The van der Waals surface area contributed by atoms with E-state index in [0.717, 1.165) is 5.56 Å². The molecule has 5 nitrogen and oxygen atoms in total. The summed E-state index contributed by atoms with van der Waals surface area (Å²) in [5, 5.41) is 0. The van der Waals surface area contributed by atoms with Crippen LogP contribution in [0.1, 0.15) is 37.9 Å². The van der Waals surface area contributed by atoms with Crippen LogP contribution in [0.15, 0.2) is 35.1 Å². The summed E-state index contributed by atoms with van der Waals surface area (Å²) in [6.45, 7) is 5.28. The zero-order valence-electron chi connectivity index (χ0n) is 16.0. The molecule has 2 aromatic rings. The van der Waals surface area contributed by atoms with Crippen molar-refractivity contribution in [2.45, 2.75) is 46.3 Å². The van der Waals surface area contributed by atoms with Crippen molar-refractivity contribution in [3.8, 4) is 5.75 Å². The summed E-state index contributed by atoms with van der Waals surface area (Å²) < 4.78 is 45.2. The molecular weight excluding hydrogens is 373 g/mol. The second kappa shape index (κ2) is 9.03. The van der Waals surface area contributed by atoms with Crippen LogP contribution in [-0.2, 0) is 30.4 Å². The van der Waals surface area contributed by atoms with E-state index in [1.54, 1.807) is 26.0 Å². The smallest absolute Gasteiger partial charge is 0.433 e. The first-order chi connectivity index (χ1) is 13.1. The Kier molecular flexibility index (Phi) is 6.99. The number of rotatable bonds is 8. The molecule has 1 aromatic heterocycles. The molecule has 1 aromatic carbocycles. The Labute approximate surface area is 161 Å². The van der Waals surface area contributed by atoms with Gasteiger partial charge in [-0.15, -0.1) is 0 Å². The highest BCUT2D eigenvalue weighted by Gasteiger charge is 2.33. The van der Waals surface area contributed by atoms with Crippen molar-refractivity contribution in [1.82, 2.24) is 9.55 Å². The number of aryl methyl sites for hydroxylation is 1. The second-order valence-corrected chi connectivity index (χ2v) is 6.61. The zero-order chi connectivity index (χ0) is 20.9. The first kappa shape index (κ1) is 21.7. The fourth-order valence-electron chi connectivity index (χ4n) is 2.68. The van der Waals surface area contributed by atoms with Crippen LogP contribution in [0.5, 0.6) is 5.75 Å². The number of nitrogens with zero attached hydrogens (tertiary/aromatic N) is 2. The Bertz CT molecular complexity index is 874. The van der Waals surface area contributed by atoms with Gasteiger partial charge in [-0.25, -0.2) is 4.98 Å². The fourth-order valence-corrected chi connectivity index (χ4v) is 2.68. The minimum Gasteiger partial charge on any atom is -0.492 e. The second-order valence-electron chi connectivity index (χ2n) is 6.61. The molecule has 0 saturated heterocycles. The van der Waals surface area contributed by atoms with E-state index in [-0.39, 0.29) is 37.1 Å². The number of hydrogen-bond donors (Lipinski definition) is 0. The van der Waals surface area contributed by atoms with Gasteiger partial charge in [0.25, 0.3) is 5.56 Å². The third kappa shape index (κ3) is 5.68. The number of carbonyl (C=O) groups excluding carboxylic acids is 1. The van der Waals surface area contributed by atoms with Gasteiger partial charge >= 0.3 is 6.18 Å².